The minimum atomic E-state index is -4.44. The Morgan fingerprint density at radius 3 is 2.41 bits per heavy atom. The van der Waals surface area contributed by atoms with Gasteiger partial charge in [-0.25, -0.2) is 0 Å². The topological polar surface area (TPSA) is 145 Å². The van der Waals surface area contributed by atoms with Gasteiger partial charge in [-0.05, 0) is 151 Å². The number of nitrogens with zero attached hydrogens (tertiary/aromatic N) is 7. The number of aromatic nitrogens is 4. The maximum Gasteiger partial charge on any atom is 0.406 e. The Morgan fingerprint density at radius 2 is 1.70 bits per heavy atom. The molecule has 1 unspecified atom stereocenters. The number of aliphatic imine (C=N–C) groups is 1. The molecular weight excluding hydrogens is 1000 g/mol. The molecule has 2 atom stereocenters. The van der Waals surface area contributed by atoms with E-state index in [0.717, 1.165) is 115 Å². The number of alkyl halides is 3. The number of halogens is 4. The molecule has 19 heteroatoms. The van der Waals surface area contributed by atoms with Gasteiger partial charge in [-0.2, -0.15) is 13.2 Å². The van der Waals surface area contributed by atoms with Gasteiger partial charge >= 0.3 is 6.18 Å². The molecule has 2 fully saturated rings. The van der Waals surface area contributed by atoms with Crippen molar-refractivity contribution in [1.82, 2.24) is 34.4 Å². The van der Waals surface area contributed by atoms with Gasteiger partial charge in [0.2, 0.25) is 5.91 Å². The smallest absolute Gasteiger partial charge is 0.382 e. The van der Waals surface area contributed by atoms with Crippen molar-refractivity contribution in [2.75, 3.05) is 69.8 Å². The van der Waals surface area contributed by atoms with Gasteiger partial charge < -0.3 is 29.8 Å². The average molecular weight is 1070 g/mol. The molecule has 6 aromatic rings. The second-order valence-corrected chi connectivity index (χ2v) is 25.2. The minimum absolute atomic E-state index is 0.0939. The molecule has 9 rings (SSSR count). The Labute approximate surface area is 440 Å². The molecule has 6 heterocycles. The van der Waals surface area contributed by atoms with E-state index in [1.165, 1.54) is 9.44 Å². The maximum absolute atomic E-state index is 13.9. The maximum atomic E-state index is 13.9. The molecule has 3 aromatic heterocycles. The molecule has 3 aliphatic heterocycles. The Morgan fingerprint density at radius 1 is 0.973 bits per heavy atom. The molecule has 0 radical (unpaired) electrons. The van der Waals surface area contributed by atoms with Crippen LogP contribution in [0.5, 0.6) is 0 Å². The first kappa shape index (κ1) is 53.4. The first-order valence-corrected chi connectivity index (χ1v) is 29.3. The lowest BCUT2D eigenvalue weighted by molar-refractivity contribution is -0.140. The summed E-state index contributed by atoms with van der Waals surface area (Å²) in [5.41, 5.74) is 6.29. The van der Waals surface area contributed by atoms with Crippen molar-refractivity contribution in [2.24, 2.45) is 10.9 Å². The number of aliphatic hydroxyl groups excluding tert-OH is 1. The second kappa shape index (κ2) is 22.8. The fraction of sp³-hybridized carbons (Fsp3) is 0.455. The zero-order valence-corrected chi connectivity index (χ0v) is 45.1. The highest BCUT2D eigenvalue weighted by atomic mass is 35.5. The highest BCUT2D eigenvalue weighted by Gasteiger charge is 2.34. The van der Waals surface area contributed by atoms with Crippen molar-refractivity contribution >= 4 is 69.3 Å². The van der Waals surface area contributed by atoms with Gasteiger partial charge in [-0.1, -0.05) is 35.7 Å². The fourth-order valence-corrected chi connectivity index (χ4v) is 12.6. The van der Waals surface area contributed by atoms with Gasteiger partial charge in [0.25, 0.3) is 0 Å². The Hall–Kier alpha value is -5.47. The lowest BCUT2D eigenvalue weighted by Crippen LogP contribution is -2.47. The highest BCUT2D eigenvalue weighted by Crippen LogP contribution is 2.40. The van der Waals surface area contributed by atoms with Crippen LogP contribution in [0.3, 0.4) is 0 Å². The van der Waals surface area contributed by atoms with Crippen molar-refractivity contribution < 1.29 is 27.6 Å². The number of aryl methyl sites for hydroxylation is 2. The van der Waals surface area contributed by atoms with Crippen LogP contribution in [-0.4, -0.2) is 123 Å². The Bertz CT molecular complexity index is 3100. The van der Waals surface area contributed by atoms with E-state index in [-0.39, 0.29) is 24.2 Å². The number of carbonyl (C=O) groups excluding carboxylic acids is 1. The number of amides is 1. The molecule has 0 aliphatic carbocycles. The molecule has 0 saturated carbocycles. The molecular formula is C55H65ClF3N10O3PS. The largest absolute Gasteiger partial charge is 0.406 e. The first-order chi connectivity index (χ1) is 35.4. The molecule has 2 saturated heterocycles. The number of fused-ring (bicyclic) bond motifs is 4. The monoisotopic (exact) mass is 1070 g/mol. The molecule has 3 aromatic carbocycles. The zero-order chi connectivity index (χ0) is 52.3. The van der Waals surface area contributed by atoms with Gasteiger partial charge in [0.1, 0.15) is 36.8 Å². The predicted octanol–water partition coefficient (Wildman–Crippen LogP) is 9.92. The summed E-state index contributed by atoms with van der Waals surface area (Å²) in [6, 6.07) is 21.8. The number of hydrogen-bond donors (Lipinski definition) is 4. The van der Waals surface area contributed by atoms with Crippen molar-refractivity contribution in [3.05, 3.63) is 117 Å². The number of piperidine rings is 2. The second-order valence-electron chi connectivity index (χ2n) is 20.3. The number of thiophene rings is 1. The summed E-state index contributed by atoms with van der Waals surface area (Å²) in [4.78, 5) is 24.2. The van der Waals surface area contributed by atoms with E-state index in [9.17, 15) is 27.6 Å². The van der Waals surface area contributed by atoms with E-state index >= 15 is 0 Å². The standard InChI is InChI=1S/C55H65ClF3N10O3PS/c1-35-36(2)74-54-51(35)52(39-13-15-40(56)16-14-39)63-47(53-65-64-37(3)69(53)54)32-49(70)61-26-7-9-38-21-29-67(30-22-38)50(71)33-66-27-23-42(24-28-66)62-46-11-6-12-48-45(46)31-43(68(48)34-55(57,58)59)10-8-25-60-41-17-19-44(20-18-41)73(4,5)72/h6,11-20,31,38,42,47,49,60-62,70H,7,9,21-30,32-34H2,1-5H3/t47-,49?/m0/s1. The van der Waals surface area contributed by atoms with Crippen LogP contribution in [0.25, 0.3) is 15.9 Å². The predicted molar refractivity (Wildman–Crippen MR) is 292 cm³/mol. The number of benzene rings is 3. The van der Waals surface area contributed by atoms with Crippen LogP contribution in [0.2, 0.25) is 5.02 Å². The van der Waals surface area contributed by atoms with Crippen LogP contribution >= 0.6 is 30.1 Å². The number of hydrogen-bond acceptors (Lipinski definition) is 11. The third-order valence-electron chi connectivity index (χ3n) is 14.6. The SMILES string of the molecule is Cc1sc2c(c1C)C(c1ccc(Cl)cc1)=N[C@@H](CC(O)NCCCC1CCN(C(=O)CN3CCC(Nc4cccc5c4cc(C#CCNc4ccc(P(C)(C)=O)cc4)n5CC(F)(F)F)CC3)CC1)c1nnc(C)n1-2. The quantitative estimate of drug-likeness (QED) is 0.0322. The molecule has 13 nitrogen and oxygen atoms in total. The molecule has 4 N–H and O–H groups in total. The number of anilines is 2. The lowest BCUT2D eigenvalue weighted by atomic mass is 9.92. The number of aliphatic hydroxyl groups is 1. The number of likely N-dealkylation sites (tertiary alicyclic amines) is 2. The summed E-state index contributed by atoms with van der Waals surface area (Å²) < 4.78 is 57.3. The van der Waals surface area contributed by atoms with Crippen LogP contribution in [0.15, 0.2) is 77.8 Å². The molecule has 3 aliphatic rings. The Balaban J connectivity index is 0.720. The first-order valence-electron chi connectivity index (χ1n) is 25.5. The van der Waals surface area contributed by atoms with Crippen molar-refractivity contribution in [3.63, 3.8) is 0 Å². The molecule has 0 spiro atoms. The number of rotatable bonds is 16. The van der Waals surface area contributed by atoms with Crippen LogP contribution < -0.4 is 21.3 Å². The van der Waals surface area contributed by atoms with E-state index in [2.05, 4.69) is 61.3 Å². The Kier molecular flexibility index (Phi) is 16.4. The molecule has 0 bridgehead atoms. The minimum Gasteiger partial charge on any atom is -0.382 e. The average Bonchev–Trinajstić information content (AvgIpc) is 3.99. The van der Waals surface area contributed by atoms with Gasteiger partial charge in [0, 0.05) is 81.7 Å². The summed E-state index contributed by atoms with van der Waals surface area (Å²) in [6.07, 6.45) is 0.463. The summed E-state index contributed by atoms with van der Waals surface area (Å²) in [5, 5.41) is 33.6. The molecule has 392 valence electrons. The van der Waals surface area contributed by atoms with Crippen LogP contribution in [0.4, 0.5) is 24.5 Å². The highest BCUT2D eigenvalue weighted by molar-refractivity contribution is 7.70. The summed E-state index contributed by atoms with van der Waals surface area (Å²) in [6.45, 7) is 12.6. The van der Waals surface area contributed by atoms with Gasteiger partial charge in [-0.15, -0.1) is 21.5 Å². The van der Waals surface area contributed by atoms with E-state index in [0.29, 0.717) is 47.2 Å². The molecule has 1 amide bonds. The van der Waals surface area contributed by atoms with Crippen molar-refractivity contribution in [2.45, 2.75) is 96.7 Å². The third-order valence-corrected chi connectivity index (χ3v) is 17.6. The van der Waals surface area contributed by atoms with Crippen LogP contribution in [-0.2, 0) is 15.9 Å². The van der Waals surface area contributed by atoms with Crippen LogP contribution in [0, 0.1) is 38.5 Å². The molecule has 74 heavy (non-hydrogen) atoms. The number of nitrogens with one attached hydrogen (secondary N) is 3. The van der Waals surface area contributed by atoms with E-state index in [1.54, 1.807) is 42.9 Å². The summed E-state index contributed by atoms with van der Waals surface area (Å²) in [7, 11) is -2.38. The van der Waals surface area contributed by atoms with Crippen molar-refractivity contribution in [1.29, 1.82) is 0 Å². The summed E-state index contributed by atoms with van der Waals surface area (Å²) >= 11 is 7.98. The normalized spacial score (nSPS) is 17.3. The van der Waals surface area contributed by atoms with E-state index in [4.69, 9.17) is 16.6 Å². The van der Waals surface area contributed by atoms with Crippen LogP contribution in [0.1, 0.15) is 89.9 Å². The van der Waals surface area contributed by atoms with Gasteiger partial charge in [0.05, 0.1) is 30.0 Å². The lowest BCUT2D eigenvalue weighted by Gasteiger charge is -2.36. The van der Waals surface area contributed by atoms with Gasteiger partial charge in [0.15, 0.2) is 5.82 Å². The zero-order valence-electron chi connectivity index (χ0n) is 42.6. The van der Waals surface area contributed by atoms with E-state index < -0.39 is 32.1 Å². The fourth-order valence-electron chi connectivity index (χ4n) is 10.4. The number of carbonyl (C=O) groups is 1. The van der Waals surface area contributed by atoms with E-state index in [1.807, 2.05) is 66.4 Å². The van der Waals surface area contributed by atoms with Gasteiger partial charge in [-0.3, -0.25) is 24.6 Å². The third kappa shape index (κ3) is 12.6. The van der Waals surface area contributed by atoms with Crippen molar-refractivity contribution in [3.8, 4) is 16.8 Å². The summed E-state index contributed by atoms with van der Waals surface area (Å²) in [5.74, 6) is 8.09.